The minimum Gasteiger partial charge on any atom is -0.459 e. The van der Waals surface area contributed by atoms with Gasteiger partial charge < -0.3 is 24.3 Å². The lowest BCUT2D eigenvalue weighted by molar-refractivity contribution is 0.0657. The van der Waals surface area contributed by atoms with E-state index in [0.717, 1.165) is 25.6 Å². The van der Waals surface area contributed by atoms with E-state index in [1.165, 1.54) is 6.26 Å². The van der Waals surface area contributed by atoms with Crippen LogP contribution in [0.3, 0.4) is 0 Å². The quantitative estimate of drug-likeness (QED) is 0.309. The number of carbonyl (C=O) groups is 1. The van der Waals surface area contributed by atoms with Crippen molar-refractivity contribution in [1.82, 2.24) is 15.1 Å². The number of aliphatic imine (C=N–C) groups is 1. The average Bonchev–Trinajstić information content (AvgIpc) is 3.12. The third-order valence-corrected chi connectivity index (χ3v) is 3.63. The minimum atomic E-state index is -0.0482. The number of amides is 1. The van der Waals surface area contributed by atoms with Crippen molar-refractivity contribution in [3.05, 3.63) is 24.2 Å². The van der Waals surface area contributed by atoms with E-state index >= 15 is 0 Å². The molecule has 0 unspecified atom stereocenters. The summed E-state index contributed by atoms with van der Waals surface area (Å²) in [6.45, 7) is 9.66. The summed E-state index contributed by atoms with van der Waals surface area (Å²) in [6.07, 6.45) is 1.53. The first-order chi connectivity index (χ1) is 11.3. The molecule has 0 bridgehead atoms. The van der Waals surface area contributed by atoms with Crippen LogP contribution in [0.1, 0.15) is 24.4 Å². The predicted molar refractivity (Wildman–Crippen MR) is 104 cm³/mol. The molecule has 0 saturated carbocycles. The van der Waals surface area contributed by atoms with Crippen molar-refractivity contribution in [2.75, 3.05) is 52.5 Å². The first kappa shape index (κ1) is 20.8. The summed E-state index contributed by atoms with van der Waals surface area (Å²) in [5, 5.41) is 3.30. The van der Waals surface area contributed by atoms with E-state index in [-0.39, 0.29) is 29.9 Å². The molecule has 0 atom stereocenters. The summed E-state index contributed by atoms with van der Waals surface area (Å²) >= 11 is 0. The van der Waals surface area contributed by atoms with Gasteiger partial charge in [-0.1, -0.05) is 0 Å². The first-order valence-corrected chi connectivity index (χ1v) is 8.20. The van der Waals surface area contributed by atoms with E-state index in [1.54, 1.807) is 12.1 Å². The molecule has 1 aliphatic rings. The maximum absolute atomic E-state index is 12.3. The lowest BCUT2D eigenvalue weighted by Gasteiger charge is -2.36. The van der Waals surface area contributed by atoms with E-state index in [1.807, 2.05) is 11.8 Å². The van der Waals surface area contributed by atoms with Crippen LogP contribution in [0.25, 0.3) is 0 Å². The molecule has 1 amide bonds. The third kappa shape index (κ3) is 5.97. The Hall–Kier alpha value is -1.29. The number of carbonyl (C=O) groups excluding carboxylic acids is 1. The molecule has 1 aromatic heterocycles. The van der Waals surface area contributed by atoms with Crippen LogP contribution in [0.15, 0.2) is 27.8 Å². The molecule has 0 spiro atoms. The van der Waals surface area contributed by atoms with Crippen molar-refractivity contribution in [1.29, 1.82) is 0 Å². The number of nitrogens with zero attached hydrogens (tertiary/aromatic N) is 3. The maximum atomic E-state index is 12.3. The first-order valence-electron chi connectivity index (χ1n) is 8.20. The lowest BCUT2D eigenvalue weighted by Crippen LogP contribution is -2.53. The highest BCUT2D eigenvalue weighted by Gasteiger charge is 2.24. The number of halogens is 1. The zero-order chi connectivity index (χ0) is 16.5. The standard InChI is InChI=1S/C16H26N4O3.HI/c1-3-17-16(18-7-13-22-4-2)20-10-8-19(9-11-20)15(21)14-6-5-12-23-14;/h5-6,12H,3-4,7-11,13H2,1-2H3,(H,17,18);1H. The second-order valence-electron chi connectivity index (χ2n) is 5.19. The molecule has 1 N–H and O–H groups in total. The Morgan fingerprint density at radius 1 is 1.29 bits per heavy atom. The number of furan rings is 1. The van der Waals surface area contributed by atoms with Gasteiger partial charge in [-0.05, 0) is 26.0 Å². The largest absolute Gasteiger partial charge is 0.459 e. The van der Waals surface area contributed by atoms with Crippen LogP contribution in [0.2, 0.25) is 0 Å². The van der Waals surface area contributed by atoms with Crippen molar-refractivity contribution < 1.29 is 13.9 Å². The van der Waals surface area contributed by atoms with Gasteiger partial charge in [0, 0.05) is 39.3 Å². The van der Waals surface area contributed by atoms with Crippen molar-refractivity contribution in [3.8, 4) is 0 Å². The molecule has 1 aliphatic heterocycles. The Morgan fingerprint density at radius 2 is 2.00 bits per heavy atom. The summed E-state index contributed by atoms with van der Waals surface area (Å²) in [6, 6.07) is 3.44. The van der Waals surface area contributed by atoms with Crippen molar-refractivity contribution in [2.45, 2.75) is 13.8 Å². The van der Waals surface area contributed by atoms with Crippen molar-refractivity contribution in [3.63, 3.8) is 0 Å². The molecule has 1 saturated heterocycles. The number of nitrogens with one attached hydrogen (secondary N) is 1. The Morgan fingerprint density at radius 3 is 2.58 bits per heavy atom. The van der Waals surface area contributed by atoms with Gasteiger partial charge in [-0.25, -0.2) is 0 Å². The topological polar surface area (TPSA) is 70.3 Å². The molecule has 7 nitrogen and oxygen atoms in total. The number of piperazine rings is 1. The van der Waals surface area contributed by atoms with E-state index in [4.69, 9.17) is 9.15 Å². The second-order valence-corrected chi connectivity index (χ2v) is 5.19. The molecule has 136 valence electrons. The van der Waals surface area contributed by atoms with Crippen LogP contribution < -0.4 is 5.32 Å². The number of rotatable bonds is 6. The van der Waals surface area contributed by atoms with Gasteiger partial charge in [0.15, 0.2) is 11.7 Å². The lowest BCUT2D eigenvalue weighted by atomic mass is 10.3. The summed E-state index contributed by atoms with van der Waals surface area (Å²) in [7, 11) is 0. The Labute approximate surface area is 160 Å². The molecule has 0 aromatic carbocycles. The Bertz CT molecular complexity index is 499. The van der Waals surface area contributed by atoms with Gasteiger partial charge in [0.05, 0.1) is 19.4 Å². The molecule has 24 heavy (non-hydrogen) atoms. The van der Waals surface area contributed by atoms with Gasteiger partial charge in [-0.2, -0.15) is 0 Å². The molecule has 2 heterocycles. The number of hydrogen-bond acceptors (Lipinski definition) is 4. The zero-order valence-corrected chi connectivity index (χ0v) is 16.7. The smallest absolute Gasteiger partial charge is 0.289 e. The maximum Gasteiger partial charge on any atom is 0.289 e. The summed E-state index contributed by atoms with van der Waals surface area (Å²) in [4.78, 5) is 20.8. The molecular formula is C16H27IN4O3. The van der Waals surface area contributed by atoms with Gasteiger partial charge in [-0.3, -0.25) is 9.79 Å². The van der Waals surface area contributed by atoms with Crippen molar-refractivity contribution >= 4 is 35.8 Å². The van der Waals surface area contributed by atoms with Crippen LogP contribution in [-0.2, 0) is 4.74 Å². The fourth-order valence-corrected chi connectivity index (χ4v) is 2.46. The van der Waals surface area contributed by atoms with Gasteiger partial charge in [-0.15, -0.1) is 24.0 Å². The highest BCUT2D eigenvalue weighted by molar-refractivity contribution is 14.0. The normalized spacial score (nSPS) is 15.2. The molecule has 0 aliphatic carbocycles. The van der Waals surface area contributed by atoms with Crippen molar-refractivity contribution in [2.24, 2.45) is 4.99 Å². The summed E-state index contributed by atoms with van der Waals surface area (Å²) < 4.78 is 10.5. The fourth-order valence-electron chi connectivity index (χ4n) is 2.46. The zero-order valence-electron chi connectivity index (χ0n) is 14.4. The highest BCUT2D eigenvalue weighted by Crippen LogP contribution is 2.09. The van der Waals surface area contributed by atoms with Crippen LogP contribution in [-0.4, -0.2) is 74.1 Å². The minimum absolute atomic E-state index is 0. The molecule has 1 aromatic rings. The summed E-state index contributed by atoms with van der Waals surface area (Å²) in [5.74, 6) is 1.24. The Kier molecular flexibility index (Phi) is 9.77. The van der Waals surface area contributed by atoms with Crippen LogP contribution in [0.4, 0.5) is 0 Å². The van der Waals surface area contributed by atoms with E-state index in [0.29, 0.717) is 38.6 Å². The Balaban J connectivity index is 0.00000288. The van der Waals surface area contributed by atoms with E-state index in [9.17, 15) is 4.79 Å². The number of ether oxygens (including phenoxy) is 1. The van der Waals surface area contributed by atoms with Gasteiger partial charge in [0.2, 0.25) is 0 Å². The second kappa shape index (κ2) is 11.3. The fraction of sp³-hybridized carbons (Fsp3) is 0.625. The highest BCUT2D eigenvalue weighted by atomic mass is 127. The third-order valence-electron chi connectivity index (χ3n) is 3.63. The van der Waals surface area contributed by atoms with Gasteiger partial charge >= 0.3 is 0 Å². The molecular weight excluding hydrogens is 423 g/mol. The van der Waals surface area contributed by atoms with Crippen LogP contribution in [0, 0.1) is 0 Å². The predicted octanol–water partition coefficient (Wildman–Crippen LogP) is 1.66. The molecule has 2 rings (SSSR count). The SMILES string of the molecule is CCNC(=NCCOCC)N1CCN(C(=O)c2ccco2)CC1.I. The number of hydrogen-bond donors (Lipinski definition) is 1. The monoisotopic (exact) mass is 450 g/mol. The van der Waals surface area contributed by atoms with E-state index in [2.05, 4.69) is 22.1 Å². The summed E-state index contributed by atoms with van der Waals surface area (Å²) in [5.41, 5.74) is 0. The van der Waals surface area contributed by atoms with Gasteiger partial charge in [0.1, 0.15) is 0 Å². The molecule has 0 radical (unpaired) electrons. The average molecular weight is 450 g/mol. The number of guanidine groups is 1. The molecule has 1 fully saturated rings. The van der Waals surface area contributed by atoms with E-state index < -0.39 is 0 Å². The molecule has 8 heteroatoms. The van der Waals surface area contributed by atoms with Crippen LogP contribution >= 0.6 is 24.0 Å². The van der Waals surface area contributed by atoms with Gasteiger partial charge in [0.25, 0.3) is 5.91 Å². The van der Waals surface area contributed by atoms with Crippen LogP contribution in [0.5, 0.6) is 0 Å².